The fourth-order valence-corrected chi connectivity index (χ4v) is 0.932. The maximum atomic E-state index is 11.2. The second kappa shape index (κ2) is 5.42. The van der Waals surface area contributed by atoms with E-state index in [-0.39, 0.29) is 19.0 Å². The van der Waals surface area contributed by atoms with Gasteiger partial charge in [0.05, 0.1) is 18.8 Å². The Morgan fingerprint density at radius 3 is 2.50 bits per heavy atom. The van der Waals surface area contributed by atoms with E-state index in [0.29, 0.717) is 12.2 Å². The van der Waals surface area contributed by atoms with Gasteiger partial charge in [0, 0.05) is 5.41 Å². The fraction of sp³-hybridized carbons (Fsp3) is 0.600. The Labute approximate surface area is 83.9 Å². The van der Waals surface area contributed by atoms with Crippen LogP contribution in [-0.4, -0.2) is 19.0 Å². The Kier molecular flexibility index (Phi) is 4.91. The van der Waals surface area contributed by atoms with Crippen molar-refractivity contribution < 1.29 is 19.1 Å². The molecular formula is C10H16O4. The number of allylic oxidation sites excluding steroid dienone is 1. The van der Waals surface area contributed by atoms with Crippen molar-refractivity contribution in [1.29, 1.82) is 0 Å². The van der Waals surface area contributed by atoms with Crippen LogP contribution in [0.2, 0.25) is 0 Å². The maximum absolute atomic E-state index is 11.2. The molecule has 0 N–H and O–H groups in total. The molecule has 0 fully saturated rings. The molecule has 14 heavy (non-hydrogen) atoms. The van der Waals surface area contributed by atoms with E-state index in [1.807, 2.05) is 13.8 Å². The highest BCUT2D eigenvalue weighted by Crippen LogP contribution is 2.21. The van der Waals surface area contributed by atoms with Crippen LogP contribution in [0.15, 0.2) is 12.3 Å². The van der Waals surface area contributed by atoms with E-state index >= 15 is 0 Å². The van der Waals surface area contributed by atoms with Gasteiger partial charge in [-0.2, -0.15) is 0 Å². The lowest BCUT2D eigenvalue weighted by atomic mass is 9.91. The maximum Gasteiger partial charge on any atom is 0.311 e. The molecule has 4 nitrogen and oxygen atoms in total. The van der Waals surface area contributed by atoms with Crippen LogP contribution < -0.4 is 0 Å². The molecule has 0 aliphatic rings. The molecular weight excluding hydrogens is 184 g/mol. The highest BCUT2D eigenvalue weighted by atomic mass is 16.5. The van der Waals surface area contributed by atoms with E-state index in [1.54, 1.807) is 6.92 Å². The van der Waals surface area contributed by atoms with E-state index in [9.17, 15) is 9.59 Å². The Bertz CT molecular complexity index is 230. The topological polar surface area (TPSA) is 52.6 Å². The molecule has 0 aromatic heterocycles. The number of hydrogen-bond acceptors (Lipinski definition) is 4. The highest BCUT2D eigenvalue weighted by molar-refractivity contribution is 5.71. The van der Waals surface area contributed by atoms with Gasteiger partial charge in [-0.3, -0.25) is 9.59 Å². The summed E-state index contributed by atoms with van der Waals surface area (Å²) >= 11 is 0. The first-order valence-corrected chi connectivity index (χ1v) is 4.29. The van der Waals surface area contributed by atoms with Crippen molar-refractivity contribution in [3.63, 3.8) is 0 Å². The minimum absolute atomic E-state index is 0.188. The summed E-state index contributed by atoms with van der Waals surface area (Å²) in [7, 11) is 0. The third kappa shape index (κ3) is 6.22. The summed E-state index contributed by atoms with van der Waals surface area (Å²) < 4.78 is 9.38. The molecule has 0 heterocycles. The minimum atomic E-state index is -0.409. The largest absolute Gasteiger partial charge is 0.467 e. The Morgan fingerprint density at radius 1 is 1.50 bits per heavy atom. The van der Waals surface area contributed by atoms with Crippen molar-refractivity contribution >= 4 is 12.4 Å². The van der Waals surface area contributed by atoms with Gasteiger partial charge in [-0.15, -0.1) is 0 Å². The van der Waals surface area contributed by atoms with Crippen molar-refractivity contribution in [3.05, 3.63) is 12.3 Å². The number of carbonyl (C=O) groups excluding carboxylic acids is 2. The van der Waals surface area contributed by atoms with Gasteiger partial charge in [0.25, 0.3) is 6.47 Å². The first-order chi connectivity index (χ1) is 6.37. The Morgan fingerprint density at radius 2 is 2.07 bits per heavy atom. The summed E-state index contributed by atoms with van der Waals surface area (Å²) in [5.74, 6) is -0.000829. The lowest BCUT2D eigenvalue weighted by molar-refractivity contribution is -0.144. The van der Waals surface area contributed by atoms with Crippen LogP contribution in [0.5, 0.6) is 0 Å². The van der Waals surface area contributed by atoms with E-state index in [1.165, 1.54) is 0 Å². The molecule has 0 saturated heterocycles. The Hall–Kier alpha value is -1.32. The van der Waals surface area contributed by atoms with E-state index in [4.69, 9.17) is 4.74 Å². The van der Waals surface area contributed by atoms with Gasteiger partial charge in [-0.25, -0.2) is 0 Å². The number of carbonyl (C=O) groups is 2. The molecule has 0 spiro atoms. The predicted molar refractivity (Wildman–Crippen MR) is 51.3 cm³/mol. The summed E-state index contributed by atoms with van der Waals surface area (Å²) in [4.78, 5) is 21.2. The van der Waals surface area contributed by atoms with Gasteiger partial charge >= 0.3 is 5.97 Å². The number of ether oxygens (including phenoxy) is 2. The average Bonchev–Trinajstić information content (AvgIpc) is 1.98. The molecule has 0 rings (SSSR count). The van der Waals surface area contributed by atoms with Crippen LogP contribution in [0.3, 0.4) is 0 Å². The summed E-state index contributed by atoms with van der Waals surface area (Å²) in [6.07, 6.45) is 0.188. The molecule has 0 aromatic rings. The summed E-state index contributed by atoms with van der Waals surface area (Å²) in [6.45, 7) is 9.26. The smallest absolute Gasteiger partial charge is 0.311 e. The van der Waals surface area contributed by atoms with Crippen molar-refractivity contribution in [2.24, 2.45) is 5.41 Å². The van der Waals surface area contributed by atoms with Gasteiger partial charge in [-0.05, 0) is 6.92 Å². The van der Waals surface area contributed by atoms with Crippen molar-refractivity contribution in [3.8, 4) is 0 Å². The van der Waals surface area contributed by atoms with Crippen molar-refractivity contribution in [1.82, 2.24) is 0 Å². The van der Waals surface area contributed by atoms with Gasteiger partial charge in [0.15, 0.2) is 0 Å². The average molecular weight is 200 g/mol. The number of esters is 1. The quantitative estimate of drug-likeness (QED) is 0.371. The SMILES string of the molecule is C=C(C)OC(=O)CC(C)(C)COC=O. The van der Waals surface area contributed by atoms with Gasteiger partial charge in [0.2, 0.25) is 0 Å². The van der Waals surface area contributed by atoms with Crippen LogP contribution in [0.1, 0.15) is 27.2 Å². The van der Waals surface area contributed by atoms with E-state index in [2.05, 4.69) is 11.3 Å². The molecule has 0 radical (unpaired) electrons. The van der Waals surface area contributed by atoms with Crippen LogP contribution in [-0.2, 0) is 19.1 Å². The lowest BCUT2D eigenvalue weighted by Crippen LogP contribution is -2.23. The van der Waals surface area contributed by atoms with Crippen LogP contribution in [0, 0.1) is 5.41 Å². The van der Waals surface area contributed by atoms with Gasteiger partial charge < -0.3 is 9.47 Å². The summed E-state index contributed by atoms with van der Waals surface area (Å²) in [5.41, 5.74) is -0.409. The third-order valence-corrected chi connectivity index (χ3v) is 1.45. The normalized spacial score (nSPS) is 10.5. The van der Waals surface area contributed by atoms with Crippen molar-refractivity contribution in [2.45, 2.75) is 27.2 Å². The molecule has 0 amide bonds. The molecule has 80 valence electrons. The lowest BCUT2D eigenvalue weighted by Gasteiger charge is -2.21. The zero-order chi connectivity index (χ0) is 11.2. The van der Waals surface area contributed by atoms with Gasteiger partial charge in [-0.1, -0.05) is 20.4 Å². The van der Waals surface area contributed by atoms with Gasteiger partial charge in [0.1, 0.15) is 0 Å². The fourth-order valence-electron chi connectivity index (χ4n) is 0.932. The second-order valence-electron chi connectivity index (χ2n) is 3.92. The summed E-state index contributed by atoms with van der Waals surface area (Å²) in [5, 5.41) is 0. The first-order valence-electron chi connectivity index (χ1n) is 4.29. The number of rotatable bonds is 6. The molecule has 0 aliphatic heterocycles. The highest BCUT2D eigenvalue weighted by Gasteiger charge is 2.23. The first kappa shape index (κ1) is 12.7. The molecule has 4 heteroatoms. The standard InChI is InChI=1S/C10H16O4/c1-8(2)14-9(12)5-10(3,4)6-13-7-11/h7H,1,5-6H2,2-4H3. The molecule has 0 saturated carbocycles. The van der Waals surface area contributed by atoms with Crippen LogP contribution in [0.4, 0.5) is 0 Å². The molecule has 0 bridgehead atoms. The summed E-state index contributed by atoms with van der Waals surface area (Å²) in [6, 6.07) is 0. The molecule has 0 aromatic carbocycles. The molecule has 0 unspecified atom stereocenters. The van der Waals surface area contributed by atoms with E-state index < -0.39 is 5.41 Å². The third-order valence-electron chi connectivity index (χ3n) is 1.45. The second-order valence-corrected chi connectivity index (χ2v) is 3.92. The predicted octanol–water partition coefficient (Wildman–Crippen LogP) is 1.65. The molecule has 0 aliphatic carbocycles. The van der Waals surface area contributed by atoms with Crippen LogP contribution in [0.25, 0.3) is 0 Å². The minimum Gasteiger partial charge on any atom is -0.467 e. The Balaban J connectivity index is 4.00. The zero-order valence-corrected chi connectivity index (χ0v) is 8.83. The molecule has 0 atom stereocenters. The van der Waals surface area contributed by atoms with Crippen molar-refractivity contribution in [2.75, 3.05) is 6.61 Å². The zero-order valence-electron chi connectivity index (χ0n) is 8.83. The van der Waals surface area contributed by atoms with E-state index in [0.717, 1.165) is 0 Å². The number of hydrogen-bond donors (Lipinski definition) is 0. The van der Waals surface area contributed by atoms with Crippen LogP contribution >= 0.6 is 0 Å². The monoisotopic (exact) mass is 200 g/mol.